The van der Waals surface area contributed by atoms with Crippen LogP contribution in [0.2, 0.25) is 0 Å². The van der Waals surface area contributed by atoms with E-state index in [0.717, 1.165) is 16.9 Å². The average molecular weight is 240 g/mol. The van der Waals surface area contributed by atoms with Crippen LogP contribution in [-0.4, -0.2) is 6.10 Å². The molecule has 1 nitrogen and oxygen atoms in total. The maximum atomic E-state index is 13.6. The van der Waals surface area contributed by atoms with Gasteiger partial charge in [0.15, 0.2) is 0 Å². The monoisotopic (exact) mass is 240 g/mol. The van der Waals surface area contributed by atoms with Gasteiger partial charge in [0.05, 0.1) is 6.10 Å². The molecule has 1 rings (SSSR count). The molecule has 0 spiro atoms. The van der Waals surface area contributed by atoms with E-state index in [1.54, 1.807) is 6.07 Å². The summed E-state index contributed by atoms with van der Waals surface area (Å²) in [5, 5.41) is 0. The van der Waals surface area contributed by atoms with Crippen molar-refractivity contribution in [3.8, 4) is 5.75 Å². The lowest BCUT2D eigenvalue weighted by molar-refractivity contribution is 0.240. The van der Waals surface area contributed by atoms with Gasteiger partial charge in [-0.2, -0.15) is 0 Å². The summed E-state index contributed by atoms with van der Waals surface area (Å²) in [5.74, 6) is 0.828. The molecule has 0 aliphatic rings. The molecule has 0 bridgehead atoms. The highest BCUT2D eigenvalue weighted by Gasteiger charge is 2.11. The summed E-state index contributed by atoms with van der Waals surface area (Å²) in [5.41, 5.74) is 1.57. The van der Waals surface area contributed by atoms with Crippen LogP contribution >= 0.6 is 0 Å². The maximum absolute atomic E-state index is 13.6. The Kier molecular flexibility index (Phi) is 6.86. The molecule has 0 amide bonds. The average Bonchev–Trinajstić information content (AvgIpc) is 2.24. The molecule has 0 atom stereocenters. The zero-order chi connectivity index (χ0) is 13.6. The summed E-state index contributed by atoms with van der Waals surface area (Å²) >= 11 is 0. The van der Waals surface area contributed by atoms with Crippen LogP contribution in [0.15, 0.2) is 12.1 Å². The first kappa shape index (κ1) is 16.0. The van der Waals surface area contributed by atoms with Gasteiger partial charge in [-0.05, 0) is 49.9 Å². The van der Waals surface area contributed by atoms with Gasteiger partial charge in [-0.25, -0.2) is 4.39 Å². The highest BCUT2D eigenvalue weighted by molar-refractivity contribution is 5.39. The van der Waals surface area contributed by atoms with Crippen LogP contribution < -0.4 is 4.74 Å². The SMILES string of the molecule is CC.Cc1cc(F)c(C(C)C)cc1OC(C)C. The van der Waals surface area contributed by atoms with E-state index in [1.165, 1.54) is 0 Å². The Morgan fingerprint density at radius 2 is 1.59 bits per heavy atom. The Balaban J connectivity index is 0.00000121. The summed E-state index contributed by atoms with van der Waals surface area (Å²) in [4.78, 5) is 0. The lowest BCUT2D eigenvalue weighted by Crippen LogP contribution is -2.08. The van der Waals surface area contributed by atoms with E-state index in [-0.39, 0.29) is 17.8 Å². The Morgan fingerprint density at radius 3 is 2.00 bits per heavy atom. The Hall–Kier alpha value is -1.05. The highest BCUT2D eigenvalue weighted by Crippen LogP contribution is 2.27. The number of rotatable bonds is 3. The second kappa shape index (κ2) is 7.31. The summed E-state index contributed by atoms with van der Waals surface area (Å²) in [6.45, 7) is 13.8. The topological polar surface area (TPSA) is 9.23 Å². The zero-order valence-electron chi connectivity index (χ0n) is 12.1. The molecule has 2 heteroatoms. The molecule has 1 aromatic rings. The predicted molar refractivity (Wildman–Crippen MR) is 72.3 cm³/mol. The minimum Gasteiger partial charge on any atom is -0.491 e. The molecule has 1 aromatic carbocycles. The first-order chi connectivity index (χ1) is 7.91. The minimum atomic E-state index is -0.140. The molecule has 98 valence electrons. The zero-order valence-corrected chi connectivity index (χ0v) is 12.1. The van der Waals surface area contributed by atoms with E-state index < -0.39 is 0 Å². The van der Waals surface area contributed by atoms with E-state index in [9.17, 15) is 4.39 Å². The third-order valence-corrected chi connectivity index (χ3v) is 2.28. The highest BCUT2D eigenvalue weighted by atomic mass is 19.1. The number of hydrogen-bond donors (Lipinski definition) is 0. The van der Waals surface area contributed by atoms with E-state index >= 15 is 0 Å². The fraction of sp³-hybridized carbons (Fsp3) is 0.600. The standard InChI is InChI=1S/C13H19FO.C2H6/c1-8(2)11-7-13(15-9(3)4)10(5)6-12(11)14;1-2/h6-9H,1-5H3;1-2H3. The molecule has 0 aliphatic carbocycles. The normalized spacial score (nSPS) is 10.2. The summed E-state index contributed by atoms with van der Waals surface area (Å²) in [7, 11) is 0. The van der Waals surface area contributed by atoms with Crippen molar-refractivity contribution >= 4 is 0 Å². The van der Waals surface area contributed by atoms with Crippen LogP contribution in [0.3, 0.4) is 0 Å². The third kappa shape index (κ3) is 4.76. The third-order valence-electron chi connectivity index (χ3n) is 2.28. The van der Waals surface area contributed by atoms with Gasteiger partial charge >= 0.3 is 0 Å². The molecule has 0 fully saturated rings. The van der Waals surface area contributed by atoms with Crippen molar-refractivity contribution in [1.29, 1.82) is 0 Å². The molecule has 0 heterocycles. The fourth-order valence-corrected chi connectivity index (χ4v) is 1.49. The first-order valence-electron chi connectivity index (χ1n) is 6.38. The molecule has 0 saturated heterocycles. The van der Waals surface area contributed by atoms with Crippen molar-refractivity contribution in [2.45, 2.75) is 60.5 Å². The quantitative estimate of drug-likeness (QED) is 0.716. The smallest absolute Gasteiger partial charge is 0.127 e. The van der Waals surface area contributed by atoms with E-state index in [1.807, 2.05) is 54.5 Å². The lowest BCUT2D eigenvalue weighted by Gasteiger charge is -2.15. The maximum Gasteiger partial charge on any atom is 0.127 e. The van der Waals surface area contributed by atoms with Gasteiger partial charge in [0.1, 0.15) is 11.6 Å². The molecule has 0 saturated carbocycles. The van der Waals surface area contributed by atoms with Crippen molar-refractivity contribution in [3.63, 3.8) is 0 Å². The van der Waals surface area contributed by atoms with Gasteiger partial charge < -0.3 is 4.74 Å². The van der Waals surface area contributed by atoms with Gasteiger partial charge in [0, 0.05) is 0 Å². The fourth-order valence-electron chi connectivity index (χ4n) is 1.49. The van der Waals surface area contributed by atoms with Gasteiger partial charge in [-0.3, -0.25) is 0 Å². The van der Waals surface area contributed by atoms with Gasteiger partial charge in [-0.15, -0.1) is 0 Å². The van der Waals surface area contributed by atoms with Crippen LogP contribution in [0.1, 0.15) is 58.6 Å². The lowest BCUT2D eigenvalue weighted by atomic mass is 10.0. The van der Waals surface area contributed by atoms with Crippen LogP contribution in [0.25, 0.3) is 0 Å². The second-order valence-corrected chi connectivity index (χ2v) is 4.46. The number of halogens is 1. The molecule has 0 aromatic heterocycles. The van der Waals surface area contributed by atoms with Crippen molar-refractivity contribution < 1.29 is 9.13 Å². The molecule has 0 radical (unpaired) electrons. The van der Waals surface area contributed by atoms with Crippen molar-refractivity contribution in [2.24, 2.45) is 0 Å². The second-order valence-electron chi connectivity index (χ2n) is 4.46. The minimum absolute atomic E-state index is 0.120. The van der Waals surface area contributed by atoms with Crippen LogP contribution in [0.4, 0.5) is 4.39 Å². The Morgan fingerprint density at radius 1 is 1.06 bits per heavy atom. The first-order valence-corrected chi connectivity index (χ1v) is 6.38. The molecule has 0 unspecified atom stereocenters. The summed E-state index contributed by atoms with van der Waals surface area (Å²) < 4.78 is 19.2. The molecule has 0 aliphatic heterocycles. The molecule has 17 heavy (non-hydrogen) atoms. The van der Waals surface area contributed by atoms with Crippen molar-refractivity contribution in [3.05, 3.63) is 29.1 Å². The van der Waals surface area contributed by atoms with Crippen LogP contribution in [0, 0.1) is 12.7 Å². The summed E-state index contributed by atoms with van der Waals surface area (Å²) in [6.07, 6.45) is 0.120. The van der Waals surface area contributed by atoms with Gasteiger partial charge in [-0.1, -0.05) is 27.7 Å². The number of benzene rings is 1. The van der Waals surface area contributed by atoms with Crippen molar-refractivity contribution in [1.82, 2.24) is 0 Å². The van der Waals surface area contributed by atoms with Gasteiger partial charge in [0.2, 0.25) is 0 Å². The van der Waals surface area contributed by atoms with E-state index in [4.69, 9.17) is 4.74 Å². The summed E-state index contributed by atoms with van der Waals surface area (Å²) in [6, 6.07) is 3.36. The number of ether oxygens (including phenoxy) is 1. The van der Waals surface area contributed by atoms with Crippen LogP contribution in [0.5, 0.6) is 5.75 Å². The Bertz CT molecular complexity index is 343. The van der Waals surface area contributed by atoms with Gasteiger partial charge in [0.25, 0.3) is 0 Å². The largest absolute Gasteiger partial charge is 0.491 e. The van der Waals surface area contributed by atoms with E-state index in [0.29, 0.717) is 0 Å². The Labute approximate surface area is 105 Å². The number of hydrogen-bond acceptors (Lipinski definition) is 1. The predicted octanol–water partition coefficient (Wildman–Crippen LogP) is 5.07. The van der Waals surface area contributed by atoms with E-state index in [2.05, 4.69) is 0 Å². The molecular formula is C15H25FO. The number of aryl methyl sites for hydroxylation is 1. The molecule has 0 N–H and O–H groups in total. The van der Waals surface area contributed by atoms with Crippen molar-refractivity contribution in [2.75, 3.05) is 0 Å². The molecular weight excluding hydrogens is 215 g/mol. The van der Waals surface area contributed by atoms with Crippen LogP contribution in [-0.2, 0) is 0 Å².